The van der Waals surface area contributed by atoms with Crippen molar-refractivity contribution in [3.63, 3.8) is 0 Å². The van der Waals surface area contributed by atoms with Crippen LogP contribution in [0.1, 0.15) is 32.6 Å². The SMILES string of the molecule is CC1CCCN(C(=O)NC2CCCN(c3ncccn3)C2)C1. The Morgan fingerprint density at radius 2 is 1.95 bits per heavy atom. The molecule has 2 amide bonds. The van der Waals surface area contributed by atoms with Gasteiger partial charge in [0, 0.05) is 44.6 Å². The molecule has 120 valence electrons. The first-order chi connectivity index (χ1) is 10.7. The zero-order chi connectivity index (χ0) is 15.4. The quantitative estimate of drug-likeness (QED) is 0.906. The lowest BCUT2D eigenvalue weighted by Gasteiger charge is -2.36. The molecular weight excluding hydrogens is 278 g/mol. The van der Waals surface area contributed by atoms with Crippen LogP contribution in [0.2, 0.25) is 0 Å². The Hall–Kier alpha value is -1.85. The Labute approximate surface area is 131 Å². The van der Waals surface area contributed by atoms with Gasteiger partial charge in [-0.25, -0.2) is 14.8 Å². The van der Waals surface area contributed by atoms with Crippen LogP contribution in [0.25, 0.3) is 0 Å². The molecule has 6 heteroatoms. The number of piperidine rings is 2. The number of urea groups is 1. The number of likely N-dealkylation sites (tertiary alicyclic amines) is 1. The van der Waals surface area contributed by atoms with Crippen molar-refractivity contribution in [2.45, 2.75) is 38.6 Å². The van der Waals surface area contributed by atoms with E-state index in [1.807, 2.05) is 11.0 Å². The number of hydrogen-bond donors (Lipinski definition) is 1. The maximum Gasteiger partial charge on any atom is 0.317 e. The maximum atomic E-state index is 12.4. The third kappa shape index (κ3) is 3.67. The highest BCUT2D eigenvalue weighted by molar-refractivity contribution is 5.74. The van der Waals surface area contributed by atoms with E-state index >= 15 is 0 Å². The molecule has 0 bridgehead atoms. The normalized spacial score (nSPS) is 25.9. The van der Waals surface area contributed by atoms with Crippen molar-refractivity contribution < 1.29 is 4.79 Å². The molecule has 3 rings (SSSR count). The van der Waals surface area contributed by atoms with Gasteiger partial charge in [0.15, 0.2) is 0 Å². The number of rotatable bonds is 2. The van der Waals surface area contributed by atoms with Crippen molar-refractivity contribution in [1.82, 2.24) is 20.2 Å². The van der Waals surface area contributed by atoms with E-state index in [4.69, 9.17) is 0 Å². The van der Waals surface area contributed by atoms with E-state index in [-0.39, 0.29) is 12.1 Å². The van der Waals surface area contributed by atoms with Crippen LogP contribution in [0.3, 0.4) is 0 Å². The van der Waals surface area contributed by atoms with Gasteiger partial charge >= 0.3 is 6.03 Å². The van der Waals surface area contributed by atoms with Gasteiger partial charge in [0.1, 0.15) is 0 Å². The second kappa shape index (κ2) is 6.94. The number of anilines is 1. The summed E-state index contributed by atoms with van der Waals surface area (Å²) in [7, 11) is 0. The van der Waals surface area contributed by atoms with Crippen molar-refractivity contribution in [3.05, 3.63) is 18.5 Å². The number of aromatic nitrogens is 2. The zero-order valence-electron chi connectivity index (χ0n) is 13.2. The topological polar surface area (TPSA) is 61.4 Å². The van der Waals surface area contributed by atoms with Gasteiger partial charge in [-0.2, -0.15) is 0 Å². The lowest BCUT2D eigenvalue weighted by Crippen LogP contribution is -2.53. The number of nitrogens with zero attached hydrogens (tertiary/aromatic N) is 4. The molecule has 2 aliphatic heterocycles. The van der Waals surface area contributed by atoms with E-state index < -0.39 is 0 Å². The smallest absolute Gasteiger partial charge is 0.317 e. The minimum atomic E-state index is 0.0902. The fraction of sp³-hybridized carbons (Fsp3) is 0.688. The summed E-state index contributed by atoms with van der Waals surface area (Å²) in [5.74, 6) is 1.37. The van der Waals surface area contributed by atoms with Crippen LogP contribution in [0, 0.1) is 5.92 Å². The second-order valence-corrected chi connectivity index (χ2v) is 6.48. The lowest BCUT2D eigenvalue weighted by molar-refractivity contribution is 0.165. The first-order valence-corrected chi connectivity index (χ1v) is 8.30. The third-order valence-electron chi connectivity index (χ3n) is 4.53. The molecule has 3 heterocycles. The predicted molar refractivity (Wildman–Crippen MR) is 85.8 cm³/mol. The summed E-state index contributed by atoms with van der Waals surface area (Å²) in [4.78, 5) is 25.2. The molecule has 1 aromatic heterocycles. The molecule has 2 fully saturated rings. The minimum Gasteiger partial charge on any atom is -0.339 e. The fourth-order valence-electron chi connectivity index (χ4n) is 3.37. The zero-order valence-corrected chi connectivity index (χ0v) is 13.2. The highest BCUT2D eigenvalue weighted by Gasteiger charge is 2.26. The van der Waals surface area contributed by atoms with Gasteiger partial charge in [0.2, 0.25) is 5.95 Å². The van der Waals surface area contributed by atoms with E-state index in [0.29, 0.717) is 5.92 Å². The average Bonchev–Trinajstić information content (AvgIpc) is 2.56. The molecule has 0 aliphatic carbocycles. The molecule has 0 aromatic carbocycles. The highest BCUT2D eigenvalue weighted by Crippen LogP contribution is 2.18. The molecule has 1 N–H and O–H groups in total. The van der Waals surface area contributed by atoms with E-state index in [0.717, 1.165) is 51.4 Å². The largest absolute Gasteiger partial charge is 0.339 e. The van der Waals surface area contributed by atoms with E-state index in [1.165, 1.54) is 6.42 Å². The summed E-state index contributed by atoms with van der Waals surface area (Å²) in [6.45, 7) is 5.73. The molecular formula is C16H25N5O. The van der Waals surface area contributed by atoms with Crippen LogP contribution in [0.5, 0.6) is 0 Å². The monoisotopic (exact) mass is 303 g/mol. The van der Waals surface area contributed by atoms with Crippen molar-refractivity contribution in [2.75, 3.05) is 31.1 Å². The Bertz CT molecular complexity index is 495. The summed E-state index contributed by atoms with van der Waals surface area (Å²) in [5, 5.41) is 3.20. The Balaban J connectivity index is 1.55. The van der Waals surface area contributed by atoms with E-state index in [9.17, 15) is 4.79 Å². The van der Waals surface area contributed by atoms with Gasteiger partial charge in [0.05, 0.1) is 0 Å². The van der Waals surface area contributed by atoms with Crippen LogP contribution < -0.4 is 10.2 Å². The molecule has 0 saturated carbocycles. The standard InChI is InChI=1S/C16H25N5O/c1-13-5-2-10-21(11-13)16(22)19-14-6-3-9-20(12-14)15-17-7-4-8-18-15/h4,7-8,13-14H,2-3,5-6,9-12H2,1H3,(H,19,22). The van der Waals surface area contributed by atoms with Crippen molar-refractivity contribution in [2.24, 2.45) is 5.92 Å². The molecule has 2 unspecified atom stereocenters. The first kappa shape index (κ1) is 15.1. The summed E-state index contributed by atoms with van der Waals surface area (Å²) in [5.41, 5.74) is 0. The number of nitrogens with one attached hydrogen (secondary N) is 1. The van der Waals surface area contributed by atoms with Crippen molar-refractivity contribution in [3.8, 4) is 0 Å². The average molecular weight is 303 g/mol. The van der Waals surface area contributed by atoms with Crippen LogP contribution in [0.4, 0.5) is 10.7 Å². The maximum absolute atomic E-state index is 12.4. The number of carbonyl (C=O) groups excluding carboxylic acids is 1. The van der Waals surface area contributed by atoms with Crippen molar-refractivity contribution >= 4 is 12.0 Å². The minimum absolute atomic E-state index is 0.0902. The van der Waals surface area contributed by atoms with Gasteiger partial charge in [0.25, 0.3) is 0 Å². The van der Waals surface area contributed by atoms with Gasteiger partial charge in [-0.3, -0.25) is 0 Å². The Morgan fingerprint density at radius 1 is 1.18 bits per heavy atom. The molecule has 2 atom stereocenters. The van der Waals surface area contributed by atoms with Gasteiger partial charge in [-0.15, -0.1) is 0 Å². The summed E-state index contributed by atoms with van der Waals surface area (Å²) in [6, 6.07) is 2.10. The van der Waals surface area contributed by atoms with Gasteiger partial charge in [-0.1, -0.05) is 6.92 Å². The molecule has 1 aromatic rings. The molecule has 2 aliphatic rings. The number of hydrogen-bond acceptors (Lipinski definition) is 4. The van der Waals surface area contributed by atoms with Crippen LogP contribution >= 0.6 is 0 Å². The van der Waals surface area contributed by atoms with Crippen LogP contribution in [-0.4, -0.2) is 53.1 Å². The van der Waals surface area contributed by atoms with Crippen LogP contribution in [0.15, 0.2) is 18.5 Å². The predicted octanol–water partition coefficient (Wildman–Crippen LogP) is 1.89. The van der Waals surface area contributed by atoms with Crippen molar-refractivity contribution in [1.29, 1.82) is 0 Å². The second-order valence-electron chi connectivity index (χ2n) is 6.48. The fourth-order valence-corrected chi connectivity index (χ4v) is 3.37. The molecule has 0 spiro atoms. The van der Waals surface area contributed by atoms with Gasteiger partial charge in [-0.05, 0) is 37.7 Å². The first-order valence-electron chi connectivity index (χ1n) is 8.30. The Kier molecular flexibility index (Phi) is 4.75. The lowest BCUT2D eigenvalue weighted by atomic mass is 10.0. The molecule has 2 saturated heterocycles. The Morgan fingerprint density at radius 3 is 2.73 bits per heavy atom. The summed E-state index contributed by atoms with van der Waals surface area (Å²) < 4.78 is 0. The highest BCUT2D eigenvalue weighted by atomic mass is 16.2. The van der Waals surface area contributed by atoms with E-state index in [2.05, 4.69) is 27.1 Å². The third-order valence-corrected chi connectivity index (χ3v) is 4.53. The number of amides is 2. The summed E-state index contributed by atoms with van der Waals surface area (Å²) >= 11 is 0. The summed E-state index contributed by atoms with van der Waals surface area (Å²) in [6.07, 6.45) is 7.95. The molecule has 6 nitrogen and oxygen atoms in total. The number of carbonyl (C=O) groups is 1. The van der Waals surface area contributed by atoms with Crippen LogP contribution in [-0.2, 0) is 0 Å². The van der Waals surface area contributed by atoms with Gasteiger partial charge < -0.3 is 15.1 Å². The van der Waals surface area contributed by atoms with E-state index in [1.54, 1.807) is 12.4 Å². The molecule has 0 radical (unpaired) electrons. The molecule has 22 heavy (non-hydrogen) atoms.